The van der Waals surface area contributed by atoms with E-state index in [1.54, 1.807) is 0 Å². The lowest BCUT2D eigenvalue weighted by atomic mass is 10.1. The number of hydrogen-bond acceptors (Lipinski definition) is 3. The van der Waals surface area contributed by atoms with E-state index in [1.807, 2.05) is 0 Å². The minimum Gasteiger partial charge on any atom is -0.368 e. The molecule has 0 radical (unpaired) electrons. The largest absolute Gasteiger partial charge is 0.368 e. The summed E-state index contributed by atoms with van der Waals surface area (Å²) in [7, 11) is 2.14. The first-order valence-corrected chi connectivity index (χ1v) is 6.07. The molecule has 1 amide bonds. The third-order valence-electron chi connectivity index (χ3n) is 3.54. The van der Waals surface area contributed by atoms with Crippen molar-refractivity contribution in [2.24, 2.45) is 5.73 Å². The highest BCUT2D eigenvalue weighted by Crippen LogP contribution is 2.17. The van der Waals surface area contributed by atoms with E-state index in [1.165, 1.54) is 0 Å². The van der Waals surface area contributed by atoms with Crippen LogP contribution in [-0.4, -0.2) is 42.0 Å². The van der Waals surface area contributed by atoms with Gasteiger partial charge in [-0.1, -0.05) is 0 Å². The number of amides is 1. The van der Waals surface area contributed by atoms with Crippen LogP contribution in [0.25, 0.3) is 0 Å². The Hall–Kier alpha value is -0.610. The summed E-state index contributed by atoms with van der Waals surface area (Å²) in [5.41, 5.74) is 5.48. The van der Waals surface area contributed by atoms with E-state index in [4.69, 9.17) is 5.73 Å². The van der Waals surface area contributed by atoms with Crippen molar-refractivity contribution in [3.05, 3.63) is 0 Å². The molecule has 0 aromatic rings. The fraction of sp³-hybridized carbons (Fsp3) is 0.917. The Kier molecular flexibility index (Phi) is 4.33. The summed E-state index contributed by atoms with van der Waals surface area (Å²) in [5.74, 6) is -0.216. The van der Waals surface area contributed by atoms with Gasteiger partial charge >= 0.3 is 0 Å². The van der Waals surface area contributed by atoms with E-state index in [9.17, 15) is 4.79 Å². The van der Waals surface area contributed by atoms with E-state index in [0.717, 1.165) is 25.8 Å². The second kappa shape index (κ2) is 5.15. The van der Waals surface area contributed by atoms with Gasteiger partial charge in [0.25, 0.3) is 0 Å². The van der Waals surface area contributed by atoms with E-state index in [0.29, 0.717) is 6.04 Å². The summed E-state index contributed by atoms with van der Waals surface area (Å²) < 4.78 is 0. The molecule has 2 unspecified atom stereocenters. The predicted molar refractivity (Wildman–Crippen MR) is 66.1 cm³/mol. The SMILES string of the molecule is CN(CCC1CCC(C(N)=O)N1)C(C)(C)C. The molecule has 94 valence electrons. The molecule has 3 N–H and O–H groups in total. The normalized spacial score (nSPS) is 26.3. The summed E-state index contributed by atoms with van der Waals surface area (Å²) in [6.07, 6.45) is 3.03. The molecule has 1 aliphatic heterocycles. The Morgan fingerprint density at radius 2 is 2.06 bits per heavy atom. The van der Waals surface area contributed by atoms with E-state index in [2.05, 4.69) is 38.0 Å². The van der Waals surface area contributed by atoms with Gasteiger partial charge in [-0.3, -0.25) is 4.79 Å². The number of carbonyl (C=O) groups excluding carboxylic acids is 1. The monoisotopic (exact) mass is 227 g/mol. The predicted octanol–water partition coefficient (Wildman–Crippen LogP) is 0.713. The lowest BCUT2D eigenvalue weighted by Crippen LogP contribution is -2.43. The van der Waals surface area contributed by atoms with Gasteiger partial charge in [0.2, 0.25) is 5.91 Å². The van der Waals surface area contributed by atoms with Gasteiger partial charge in [-0.05, 0) is 53.6 Å². The minimum atomic E-state index is -0.216. The first-order valence-electron chi connectivity index (χ1n) is 6.07. The zero-order valence-corrected chi connectivity index (χ0v) is 10.9. The van der Waals surface area contributed by atoms with Crippen LogP contribution in [0.1, 0.15) is 40.0 Å². The van der Waals surface area contributed by atoms with Gasteiger partial charge in [-0.2, -0.15) is 0 Å². The van der Waals surface area contributed by atoms with Gasteiger partial charge in [-0.15, -0.1) is 0 Å². The molecular weight excluding hydrogens is 202 g/mol. The summed E-state index contributed by atoms with van der Waals surface area (Å²) in [6.45, 7) is 7.68. The molecule has 0 aromatic carbocycles. The highest BCUT2D eigenvalue weighted by Gasteiger charge is 2.28. The molecule has 0 aliphatic carbocycles. The third kappa shape index (κ3) is 3.76. The fourth-order valence-corrected chi connectivity index (χ4v) is 1.96. The number of nitrogens with zero attached hydrogens (tertiary/aromatic N) is 1. The molecule has 1 rings (SSSR count). The summed E-state index contributed by atoms with van der Waals surface area (Å²) in [4.78, 5) is 13.3. The van der Waals surface area contributed by atoms with Gasteiger partial charge in [0, 0.05) is 11.6 Å². The Balaban J connectivity index is 2.28. The molecule has 0 spiro atoms. The molecule has 0 bridgehead atoms. The first-order chi connectivity index (χ1) is 7.30. The van der Waals surface area contributed by atoms with Crippen LogP contribution in [0.15, 0.2) is 0 Å². The lowest BCUT2D eigenvalue weighted by Gasteiger charge is -2.32. The van der Waals surface area contributed by atoms with Crippen molar-refractivity contribution in [1.29, 1.82) is 0 Å². The van der Waals surface area contributed by atoms with E-state index < -0.39 is 0 Å². The van der Waals surface area contributed by atoms with Crippen LogP contribution >= 0.6 is 0 Å². The molecule has 1 aliphatic rings. The Morgan fingerprint density at radius 1 is 1.44 bits per heavy atom. The van der Waals surface area contributed by atoms with Gasteiger partial charge in [0.1, 0.15) is 0 Å². The maximum absolute atomic E-state index is 11.0. The minimum absolute atomic E-state index is 0.107. The number of rotatable bonds is 4. The quantitative estimate of drug-likeness (QED) is 0.744. The zero-order valence-electron chi connectivity index (χ0n) is 10.9. The number of hydrogen-bond donors (Lipinski definition) is 2. The Labute approximate surface area is 98.6 Å². The summed E-state index contributed by atoms with van der Waals surface area (Å²) >= 11 is 0. The van der Waals surface area contributed by atoms with Crippen molar-refractivity contribution in [3.8, 4) is 0 Å². The molecule has 0 aromatic heterocycles. The second-order valence-electron chi connectivity index (χ2n) is 5.78. The average molecular weight is 227 g/mol. The van der Waals surface area contributed by atoms with Crippen LogP contribution in [0.3, 0.4) is 0 Å². The highest BCUT2D eigenvalue weighted by molar-refractivity contribution is 5.80. The lowest BCUT2D eigenvalue weighted by molar-refractivity contribution is -0.119. The molecule has 0 saturated carbocycles. The van der Waals surface area contributed by atoms with Crippen LogP contribution < -0.4 is 11.1 Å². The highest BCUT2D eigenvalue weighted by atomic mass is 16.1. The topological polar surface area (TPSA) is 58.4 Å². The Bertz CT molecular complexity index is 247. The molecule has 4 nitrogen and oxygen atoms in total. The summed E-state index contributed by atoms with van der Waals surface area (Å²) in [6, 6.07) is 0.340. The fourth-order valence-electron chi connectivity index (χ4n) is 1.96. The number of nitrogens with one attached hydrogen (secondary N) is 1. The van der Waals surface area contributed by atoms with Crippen LogP contribution in [0, 0.1) is 0 Å². The molecule has 16 heavy (non-hydrogen) atoms. The molecule has 1 heterocycles. The van der Waals surface area contributed by atoms with Crippen molar-refractivity contribution < 1.29 is 4.79 Å². The first kappa shape index (κ1) is 13.5. The molecule has 4 heteroatoms. The van der Waals surface area contributed by atoms with Crippen molar-refractivity contribution in [3.63, 3.8) is 0 Å². The van der Waals surface area contributed by atoms with Gasteiger partial charge in [0.15, 0.2) is 0 Å². The van der Waals surface area contributed by atoms with Crippen LogP contribution in [0.2, 0.25) is 0 Å². The number of nitrogens with two attached hydrogens (primary N) is 1. The van der Waals surface area contributed by atoms with Gasteiger partial charge in [0.05, 0.1) is 6.04 Å². The van der Waals surface area contributed by atoms with Gasteiger partial charge < -0.3 is 16.0 Å². The van der Waals surface area contributed by atoms with Crippen molar-refractivity contribution in [2.45, 2.75) is 57.7 Å². The second-order valence-corrected chi connectivity index (χ2v) is 5.78. The molecule has 1 saturated heterocycles. The Morgan fingerprint density at radius 3 is 2.50 bits per heavy atom. The van der Waals surface area contributed by atoms with Crippen molar-refractivity contribution in [2.75, 3.05) is 13.6 Å². The van der Waals surface area contributed by atoms with E-state index >= 15 is 0 Å². The number of primary amides is 1. The maximum atomic E-state index is 11.0. The van der Waals surface area contributed by atoms with E-state index in [-0.39, 0.29) is 17.5 Å². The van der Waals surface area contributed by atoms with Gasteiger partial charge in [-0.25, -0.2) is 0 Å². The zero-order chi connectivity index (χ0) is 12.3. The van der Waals surface area contributed by atoms with Crippen LogP contribution in [-0.2, 0) is 4.79 Å². The smallest absolute Gasteiger partial charge is 0.234 e. The third-order valence-corrected chi connectivity index (χ3v) is 3.54. The molecule has 2 atom stereocenters. The van der Waals surface area contributed by atoms with Crippen molar-refractivity contribution in [1.82, 2.24) is 10.2 Å². The van der Waals surface area contributed by atoms with Crippen molar-refractivity contribution >= 4 is 5.91 Å². The molecular formula is C12H25N3O. The van der Waals surface area contributed by atoms with Crippen LogP contribution in [0.4, 0.5) is 0 Å². The molecule has 1 fully saturated rings. The summed E-state index contributed by atoms with van der Waals surface area (Å²) in [5, 5.41) is 3.30. The average Bonchev–Trinajstić information content (AvgIpc) is 2.60. The maximum Gasteiger partial charge on any atom is 0.234 e. The standard InChI is InChI=1S/C12H25N3O/c1-12(2,3)15(4)8-7-9-5-6-10(14-9)11(13)16/h9-10,14H,5-8H2,1-4H3,(H2,13,16). The number of carbonyl (C=O) groups is 1. The van der Waals surface area contributed by atoms with Crippen LogP contribution in [0.5, 0.6) is 0 Å².